The van der Waals surface area contributed by atoms with Gasteiger partial charge in [-0.2, -0.15) is 5.26 Å². The largest absolute Gasteiger partial charge is 0.324 e. The molecular weight excluding hydrogens is 234 g/mol. The van der Waals surface area contributed by atoms with Crippen molar-refractivity contribution in [2.45, 2.75) is 20.8 Å². The van der Waals surface area contributed by atoms with E-state index in [0.29, 0.717) is 11.3 Å². The maximum absolute atomic E-state index is 11.8. The molecule has 6 heteroatoms. The number of nitriles is 1. The monoisotopic (exact) mass is 247 g/mol. The zero-order chi connectivity index (χ0) is 13.9. The molecule has 0 heterocycles. The van der Waals surface area contributed by atoms with Gasteiger partial charge in [0.1, 0.15) is 5.41 Å². The Labute approximate surface area is 104 Å². The first kappa shape index (κ1) is 13.6. The second-order valence-corrected chi connectivity index (χ2v) is 4.45. The zero-order valence-corrected chi connectivity index (χ0v) is 10.4. The third-order valence-corrected chi connectivity index (χ3v) is 2.52. The highest BCUT2D eigenvalue weighted by Crippen LogP contribution is 2.23. The summed E-state index contributed by atoms with van der Waals surface area (Å²) in [5.41, 5.74) is -0.140. The number of non-ortho nitro benzene ring substituents is 1. The summed E-state index contributed by atoms with van der Waals surface area (Å²) in [6, 6.07) is 6.02. The minimum Gasteiger partial charge on any atom is -0.324 e. The number of carbonyl (C=O) groups is 1. The Morgan fingerprint density at radius 1 is 1.50 bits per heavy atom. The van der Waals surface area contributed by atoms with E-state index in [9.17, 15) is 14.9 Å². The van der Waals surface area contributed by atoms with Crippen LogP contribution in [0.1, 0.15) is 19.4 Å². The first-order chi connectivity index (χ1) is 8.27. The average molecular weight is 247 g/mol. The van der Waals surface area contributed by atoms with Crippen molar-refractivity contribution in [2.75, 3.05) is 5.32 Å². The summed E-state index contributed by atoms with van der Waals surface area (Å²) in [4.78, 5) is 21.8. The van der Waals surface area contributed by atoms with E-state index >= 15 is 0 Å². The number of rotatable bonds is 3. The number of benzene rings is 1. The topological polar surface area (TPSA) is 96.0 Å². The van der Waals surface area contributed by atoms with E-state index in [1.807, 2.05) is 6.07 Å². The standard InChI is InChI=1S/C12H13N3O3/c1-8-6-9(15(17)18)4-5-10(8)14-11(16)12(2,3)7-13/h4-6H,1-3H3,(H,14,16). The van der Waals surface area contributed by atoms with Gasteiger partial charge in [-0.15, -0.1) is 0 Å². The van der Waals surface area contributed by atoms with Crippen LogP contribution in [0.2, 0.25) is 0 Å². The highest BCUT2D eigenvalue weighted by atomic mass is 16.6. The van der Waals surface area contributed by atoms with Crippen molar-refractivity contribution >= 4 is 17.3 Å². The van der Waals surface area contributed by atoms with Crippen molar-refractivity contribution in [3.05, 3.63) is 33.9 Å². The quantitative estimate of drug-likeness (QED) is 0.655. The van der Waals surface area contributed by atoms with Gasteiger partial charge in [0.25, 0.3) is 5.69 Å². The van der Waals surface area contributed by atoms with Crippen LogP contribution < -0.4 is 5.32 Å². The molecule has 0 spiro atoms. The molecule has 94 valence electrons. The first-order valence-electron chi connectivity index (χ1n) is 5.25. The van der Waals surface area contributed by atoms with Gasteiger partial charge in [-0.1, -0.05) is 0 Å². The molecule has 18 heavy (non-hydrogen) atoms. The minimum atomic E-state index is -1.14. The highest BCUT2D eigenvalue weighted by Gasteiger charge is 2.27. The molecule has 0 radical (unpaired) electrons. The summed E-state index contributed by atoms with van der Waals surface area (Å²) in [5.74, 6) is -0.443. The molecule has 6 nitrogen and oxygen atoms in total. The number of carbonyl (C=O) groups excluding carboxylic acids is 1. The van der Waals surface area contributed by atoms with Gasteiger partial charge in [-0.3, -0.25) is 14.9 Å². The van der Waals surface area contributed by atoms with Crippen molar-refractivity contribution in [3.63, 3.8) is 0 Å². The third-order valence-electron chi connectivity index (χ3n) is 2.52. The average Bonchev–Trinajstić information content (AvgIpc) is 2.31. The normalized spacial score (nSPS) is 10.6. The summed E-state index contributed by atoms with van der Waals surface area (Å²) in [5, 5.41) is 22.0. The fourth-order valence-corrected chi connectivity index (χ4v) is 1.23. The van der Waals surface area contributed by atoms with Crippen molar-refractivity contribution in [1.29, 1.82) is 5.26 Å². The van der Waals surface area contributed by atoms with Crippen LogP contribution in [0.25, 0.3) is 0 Å². The van der Waals surface area contributed by atoms with E-state index < -0.39 is 16.2 Å². The highest BCUT2D eigenvalue weighted by molar-refractivity contribution is 5.97. The summed E-state index contributed by atoms with van der Waals surface area (Å²) in [6.07, 6.45) is 0. The number of anilines is 1. The van der Waals surface area contributed by atoms with Crippen LogP contribution in [0.3, 0.4) is 0 Å². The van der Waals surface area contributed by atoms with Gasteiger partial charge in [-0.25, -0.2) is 0 Å². The number of nitrogens with one attached hydrogen (secondary N) is 1. The van der Waals surface area contributed by atoms with E-state index in [-0.39, 0.29) is 5.69 Å². The summed E-state index contributed by atoms with van der Waals surface area (Å²) in [7, 11) is 0. The van der Waals surface area contributed by atoms with E-state index in [4.69, 9.17) is 5.26 Å². The summed E-state index contributed by atoms with van der Waals surface area (Å²) < 4.78 is 0. The number of nitro benzene ring substituents is 1. The number of aryl methyl sites for hydroxylation is 1. The summed E-state index contributed by atoms with van der Waals surface area (Å²) >= 11 is 0. The minimum absolute atomic E-state index is 0.0370. The van der Waals surface area contributed by atoms with Crippen molar-refractivity contribution in [2.24, 2.45) is 5.41 Å². The molecule has 0 aromatic heterocycles. The molecule has 0 atom stereocenters. The van der Waals surface area contributed by atoms with Crippen LogP contribution in [0.4, 0.5) is 11.4 Å². The van der Waals surface area contributed by atoms with Crippen molar-refractivity contribution < 1.29 is 9.72 Å². The predicted octanol–water partition coefficient (Wildman–Crippen LogP) is 2.39. The molecule has 1 rings (SSSR count). The van der Waals surface area contributed by atoms with Crippen LogP contribution in [0.15, 0.2) is 18.2 Å². The third kappa shape index (κ3) is 2.83. The summed E-state index contributed by atoms with van der Waals surface area (Å²) in [6.45, 7) is 4.66. The lowest BCUT2D eigenvalue weighted by Crippen LogP contribution is -2.29. The van der Waals surface area contributed by atoms with Crippen LogP contribution >= 0.6 is 0 Å². The smallest absolute Gasteiger partial charge is 0.269 e. The van der Waals surface area contributed by atoms with Gasteiger partial charge in [0.05, 0.1) is 11.0 Å². The Morgan fingerprint density at radius 2 is 2.11 bits per heavy atom. The second kappa shape index (κ2) is 4.84. The molecule has 0 unspecified atom stereocenters. The molecule has 1 aromatic carbocycles. The molecule has 1 amide bonds. The maximum Gasteiger partial charge on any atom is 0.269 e. The van der Waals surface area contributed by atoms with E-state index in [1.54, 1.807) is 6.92 Å². The zero-order valence-electron chi connectivity index (χ0n) is 10.4. The first-order valence-corrected chi connectivity index (χ1v) is 5.25. The van der Waals surface area contributed by atoms with E-state index in [1.165, 1.54) is 32.0 Å². The fourth-order valence-electron chi connectivity index (χ4n) is 1.23. The number of amides is 1. The molecule has 0 fully saturated rings. The van der Waals surface area contributed by atoms with Crippen LogP contribution in [-0.2, 0) is 4.79 Å². The lowest BCUT2D eigenvalue weighted by Gasteiger charge is -2.16. The Balaban J connectivity index is 2.98. The van der Waals surface area contributed by atoms with Gasteiger partial charge in [0.2, 0.25) is 5.91 Å². The van der Waals surface area contributed by atoms with E-state index in [0.717, 1.165) is 0 Å². The van der Waals surface area contributed by atoms with E-state index in [2.05, 4.69) is 5.32 Å². The predicted molar refractivity (Wildman–Crippen MR) is 65.9 cm³/mol. The molecule has 1 N–H and O–H groups in total. The number of hydrogen-bond donors (Lipinski definition) is 1. The lowest BCUT2D eigenvalue weighted by molar-refractivity contribution is -0.384. The molecule has 0 aliphatic heterocycles. The lowest BCUT2D eigenvalue weighted by atomic mass is 9.94. The van der Waals surface area contributed by atoms with Crippen molar-refractivity contribution in [3.8, 4) is 6.07 Å². The van der Waals surface area contributed by atoms with Gasteiger partial charge >= 0.3 is 0 Å². The Morgan fingerprint density at radius 3 is 2.56 bits per heavy atom. The molecule has 0 aliphatic rings. The SMILES string of the molecule is Cc1cc([N+](=O)[O-])ccc1NC(=O)C(C)(C)C#N. The van der Waals surface area contributed by atoms with Crippen LogP contribution in [0, 0.1) is 33.8 Å². The fraction of sp³-hybridized carbons (Fsp3) is 0.333. The van der Waals surface area contributed by atoms with Crippen LogP contribution in [0.5, 0.6) is 0 Å². The van der Waals surface area contributed by atoms with Gasteiger partial charge in [0, 0.05) is 17.8 Å². The maximum atomic E-state index is 11.8. The number of nitrogens with zero attached hydrogens (tertiary/aromatic N) is 2. The second-order valence-electron chi connectivity index (χ2n) is 4.45. The Kier molecular flexibility index (Phi) is 3.67. The molecule has 0 saturated carbocycles. The van der Waals surface area contributed by atoms with Crippen molar-refractivity contribution in [1.82, 2.24) is 0 Å². The van der Waals surface area contributed by atoms with Gasteiger partial charge in [0.15, 0.2) is 0 Å². The van der Waals surface area contributed by atoms with Crippen LogP contribution in [-0.4, -0.2) is 10.8 Å². The molecular formula is C12H13N3O3. The Bertz CT molecular complexity index is 544. The molecule has 1 aromatic rings. The molecule has 0 aliphatic carbocycles. The molecule has 0 bridgehead atoms. The van der Waals surface area contributed by atoms with Gasteiger partial charge in [-0.05, 0) is 32.4 Å². The number of hydrogen-bond acceptors (Lipinski definition) is 4. The molecule has 0 saturated heterocycles. The Hall–Kier alpha value is -2.42. The number of nitro groups is 1. The van der Waals surface area contributed by atoms with Gasteiger partial charge < -0.3 is 5.32 Å².